The van der Waals surface area contributed by atoms with Crippen LogP contribution in [-0.4, -0.2) is 9.97 Å². The van der Waals surface area contributed by atoms with Gasteiger partial charge in [-0.2, -0.15) is 4.98 Å². The average molecular weight is 252 g/mol. The Kier molecular flexibility index (Phi) is 2.64. The molecule has 5 heteroatoms. The molecule has 19 heavy (non-hydrogen) atoms. The van der Waals surface area contributed by atoms with E-state index in [1.54, 1.807) is 0 Å². The summed E-state index contributed by atoms with van der Waals surface area (Å²) in [6.07, 6.45) is 1.32. The average Bonchev–Trinajstić information content (AvgIpc) is 2.44. The van der Waals surface area contributed by atoms with Crippen LogP contribution in [0.4, 0.5) is 11.5 Å². The van der Waals surface area contributed by atoms with Crippen molar-refractivity contribution in [1.29, 1.82) is 0 Å². The molecule has 94 valence electrons. The summed E-state index contributed by atoms with van der Waals surface area (Å²) in [6, 6.07) is 13.8. The number of hydrogen-bond acceptors (Lipinski definition) is 5. The number of aromatic nitrogens is 2. The highest BCUT2D eigenvalue weighted by atomic mass is 16.5. The monoisotopic (exact) mass is 252 g/mol. The van der Waals surface area contributed by atoms with Crippen molar-refractivity contribution in [3.05, 3.63) is 48.8 Å². The summed E-state index contributed by atoms with van der Waals surface area (Å²) in [7, 11) is 0. The summed E-state index contributed by atoms with van der Waals surface area (Å²) < 4.78 is 5.64. The molecule has 0 spiro atoms. The molecule has 0 aliphatic heterocycles. The zero-order valence-electron chi connectivity index (χ0n) is 10.1. The maximum atomic E-state index is 5.77. The molecule has 3 rings (SSSR count). The Morgan fingerprint density at radius 2 is 1.68 bits per heavy atom. The van der Waals surface area contributed by atoms with Crippen molar-refractivity contribution in [3.63, 3.8) is 0 Å². The summed E-state index contributed by atoms with van der Waals surface area (Å²) in [6.45, 7) is 0. The van der Waals surface area contributed by atoms with Crippen molar-refractivity contribution >= 4 is 22.3 Å². The zero-order chi connectivity index (χ0) is 13.2. The highest BCUT2D eigenvalue weighted by Crippen LogP contribution is 2.29. The van der Waals surface area contributed by atoms with Gasteiger partial charge in [-0.15, -0.1) is 0 Å². The van der Waals surface area contributed by atoms with Gasteiger partial charge in [-0.25, -0.2) is 4.98 Å². The lowest BCUT2D eigenvalue weighted by Gasteiger charge is -2.08. The molecule has 2 aromatic carbocycles. The molecule has 1 aromatic heterocycles. The lowest BCUT2D eigenvalue weighted by molar-refractivity contribution is 0.465. The molecule has 5 nitrogen and oxygen atoms in total. The van der Waals surface area contributed by atoms with Gasteiger partial charge in [-0.05, 0) is 22.9 Å². The van der Waals surface area contributed by atoms with Gasteiger partial charge in [0, 0.05) is 0 Å². The molecule has 0 bridgehead atoms. The van der Waals surface area contributed by atoms with Crippen LogP contribution < -0.4 is 16.2 Å². The Balaban J connectivity index is 1.99. The molecule has 0 aliphatic rings. The summed E-state index contributed by atoms with van der Waals surface area (Å²) >= 11 is 0. The first-order chi connectivity index (χ1) is 9.24. The second kappa shape index (κ2) is 4.45. The minimum absolute atomic E-state index is 0.214. The Bertz CT molecular complexity index is 742. The van der Waals surface area contributed by atoms with Gasteiger partial charge >= 0.3 is 0 Å². The van der Waals surface area contributed by atoms with E-state index in [1.165, 1.54) is 6.33 Å². The fraction of sp³-hybridized carbons (Fsp3) is 0. The van der Waals surface area contributed by atoms with Crippen molar-refractivity contribution < 1.29 is 4.74 Å². The van der Waals surface area contributed by atoms with Crippen molar-refractivity contribution in [2.24, 2.45) is 0 Å². The van der Waals surface area contributed by atoms with E-state index in [0.717, 1.165) is 10.8 Å². The van der Waals surface area contributed by atoms with E-state index in [-0.39, 0.29) is 17.4 Å². The fourth-order valence-corrected chi connectivity index (χ4v) is 1.82. The maximum absolute atomic E-state index is 5.77. The Morgan fingerprint density at radius 3 is 2.53 bits per heavy atom. The third kappa shape index (κ3) is 2.13. The lowest BCUT2D eigenvalue weighted by atomic mass is 10.1. The van der Waals surface area contributed by atoms with E-state index in [4.69, 9.17) is 16.2 Å². The third-order valence-corrected chi connectivity index (χ3v) is 2.81. The van der Waals surface area contributed by atoms with Gasteiger partial charge in [0.25, 0.3) is 0 Å². The number of ether oxygens (including phenoxy) is 1. The summed E-state index contributed by atoms with van der Waals surface area (Å²) in [4.78, 5) is 7.77. The van der Waals surface area contributed by atoms with Gasteiger partial charge in [-0.3, -0.25) is 0 Å². The van der Waals surface area contributed by atoms with Crippen LogP contribution in [-0.2, 0) is 0 Å². The Morgan fingerprint density at radius 1 is 0.895 bits per heavy atom. The van der Waals surface area contributed by atoms with Crippen molar-refractivity contribution in [1.82, 2.24) is 9.97 Å². The molecule has 0 saturated heterocycles. The summed E-state index contributed by atoms with van der Waals surface area (Å²) in [5.74, 6) is 1.14. The smallest absolute Gasteiger partial charge is 0.248 e. The standard InChI is InChI=1S/C14H12N4O/c15-12-13(16)17-8-18-14(12)19-11-6-5-9-3-1-2-4-10(9)7-11/h1-8H,15H2,(H2,16,17,18). The number of rotatable bonds is 2. The molecular formula is C14H12N4O. The number of fused-ring (bicyclic) bond motifs is 1. The topological polar surface area (TPSA) is 87.0 Å². The highest BCUT2D eigenvalue weighted by Gasteiger charge is 2.07. The summed E-state index contributed by atoms with van der Waals surface area (Å²) in [5.41, 5.74) is 11.6. The maximum Gasteiger partial charge on any atom is 0.248 e. The van der Waals surface area contributed by atoms with Crippen LogP contribution in [0.15, 0.2) is 48.8 Å². The van der Waals surface area contributed by atoms with Crippen LogP contribution >= 0.6 is 0 Å². The van der Waals surface area contributed by atoms with Crippen LogP contribution in [0, 0.1) is 0 Å². The summed E-state index contributed by atoms with van der Waals surface area (Å²) in [5, 5.41) is 2.23. The zero-order valence-corrected chi connectivity index (χ0v) is 10.1. The van der Waals surface area contributed by atoms with Gasteiger partial charge in [-0.1, -0.05) is 30.3 Å². The van der Waals surface area contributed by atoms with Crippen molar-refractivity contribution in [2.75, 3.05) is 11.5 Å². The molecule has 1 heterocycles. The fourth-order valence-electron chi connectivity index (χ4n) is 1.82. The SMILES string of the molecule is Nc1ncnc(Oc2ccc3ccccc3c2)c1N. The van der Waals surface area contributed by atoms with E-state index in [2.05, 4.69) is 9.97 Å². The molecule has 0 saturated carbocycles. The van der Waals surface area contributed by atoms with Crippen molar-refractivity contribution in [2.45, 2.75) is 0 Å². The van der Waals surface area contributed by atoms with Crippen LogP contribution in [0.1, 0.15) is 0 Å². The molecule has 0 atom stereocenters. The molecule has 0 radical (unpaired) electrons. The van der Waals surface area contributed by atoms with Crippen LogP contribution in [0.2, 0.25) is 0 Å². The Labute approximate surface area is 109 Å². The molecule has 0 fully saturated rings. The van der Waals surface area contributed by atoms with Crippen LogP contribution in [0.25, 0.3) is 10.8 Å². The van der Waals surface area contributed by atoms with Gasteiger partial charge < -0.3 is 16.2 Å². The van der Waals surface area contributed by atoms with E-state index < -0.39 is 0 Å². The number of anilines is 2. The Hall–Kier alpha value is -2.82. The molecule has 0 unspecified atom stereocenters. The largest absolute Gasteiger partial charge is 0.437 e. The predicted octanol–water partition coefficient (Wildman–Crippen LogP) is 2.59. The van der Waals surface area contributed by atoms with Crippen LogP contribution in [0.5, 0.6) is 11.6 Å². The highest BCUT2D eigenvalue weighted by molar-refractivity contribution is 5.83. The molecule has 0 aliphatic carbocycles. The minimum atomic E-state index is 0.214. The predicted molar refractivity (Wildman–Crippen MR) is 74.9 cm³/mol. The van der Waals surface area contributed by atoms with Gasteiger partial charge in [0.1, 0.15) is 17.8 Å². The normalized spacial score (nSPS) is 10.5. The number of nitrogens with zero attached hydrogens (tertiary/aromatic N) is 2. The first-order valence-corrected chi connectivity index (χ1v) is 5.76. The number of benzene rings is 2. The number of hydrogen-bond donors (Lipinski definition) is 2. The minimum Gasteiger partial charge on any atom is -0.437 e. The molecule has 4 N–H and O–H groups in total. The lowest BCUT2D eigenvalue weighted by Crippen LogP contribution is -2.02. The number of nitrogens with two attached hydrogens (primary N) is 2. The van der Waals surface area contributed by atoms with Gasteiger partial charge in [0.2, 0.25) is 5.88 Å². The molecule has 0 amide bonds. The first-order valence-electron chi connectivity index (χ1n) is 5.76. The van der Waals surface area contributed by atoms with Crippen molar-refractivity contribution in [3.8, 4) is 11.6 Å². The molecule has 3 aromatic rings. The quantitative estimate of drug-likeness (QED) is 0.732. The van der Waals surface area contributed by atoms with Gasteiger partial charge in [0.15, 0.2) is 5.82 Å². The second-order valence-electron chi connectivity index (χ2n) is 4.09. The van der Waals surface area contributed by atoms with E-state index in [9.17, 15) is 0 Å². The second-order valence-corrected chi connectivity index (χ2v) is 4.09. The van der Waals surface area contributed by atoms with Crippen LogP contribution in [0.3, 0.4) is 0 Å². The third-order valence-electron chi connectivity index (χ3n) is 2.81. The number of nitrogen functional groups attached to an aromatic ring is 2. The van der Waals surface area contributed by atoms with Gasteiger partial charge in [0.05, 0.1) is 0 Å². The molecular weight excluding hydrogens is 240 g/mol. The van der Waals surface area contributed by atoms with E-state index >= 15 is 0 Å². The van der Waals surface area contributed by atoms with E-state index in [1.807, 2.05) is 42.5 Å². The first kappa shape index (κ1) is 11.3. The van der Waals surface area contributed by atoms with E-state index in [0.29, 0.717) is 5.75 Å².